The second-order valence-corrected chi connectivity index (χ2v) is 7.97. The maximum atomic E-state index is 13.6. The molecular formula is C27H25N3O3. The Kier molecular flexibility index (Phi) is 5.57. The molecule has 0 saturated carbocycles. The van der Waals surface area contributed by atoms with Crippen LogP contribution in [0.25, 0.3) is 21.9 Å². The van der Waals surface area contributed by atoms with E-state index < -0.39 is 0 Å². The lowest BCUT2D eigenvalue weighted by molar-refractivity contribution is 0.354. The fraction of sp³-hybridized carbons (Fsp3) is 0.185. The van der Waals surface area contributed by atoms with E-state index >= 15 is 0 Å². The molecule has 0 bridgehead atoms. The number of aryl methyl sites for hydroxylation is 2. The molecule has 0 spiro atoms. The third kappa shape index (κ3) is 3.84. The molecule has 2 aromatic heterocycles. The fourth-order valence-electron chi connectivity index (χ4n) is 4.32. The standard InChI is InChI=1S/C27H25N3O3/c1-32-23-13-12-19(16-24(23)33-2)14-15-29-18-28-25-21-10-6-7-11-22(21)30(26(25)27(29)31)17-20-8-4-3-5-9-20/h3-13,16,18H,14-15,17H2,1-2H3. The molecule has 2 heterocycles. The van der Waals surface area contributed by atoms with E-state index in [0.29, 0.717) is 36.5 Å². The monoisotopic (exact) mass is 439 g/mol. The first-order valence-electron chi connectivity index (χ1n) is 10.9. The summed E-state index contributed by atoms with van der Waals surface area (Å²) in [6.45, 7) is 1.13. The van der Waals surface area contributed by atoms with Crippen molar-refractivity contribution in [3.05, 3.63) is 101 Å². The van der Waals surface area contributed by atoms with Gasteiger partial charge in [0, 0.05) is 18.5 Å². The molecule has 0 N–H and O–H groups in total. The van der Waals surface area contributed by atoms with Crippen molar-refractivity contribution in [2.75, 3.05) is 14.2 Å². The number of fused-ring (bicyclic) bond motifs is 3. The van der Waals surface area contributed by atoms with Crippen LogP contribution in [0.3, 0.4) is 0 Å². The summed E-state index contributed by atoms with van der Waals surface area (Å²) >= 11 is 0. The van der Waals surface area contributed by atoms with Crippen molar-refractivity contribution in [1.29, 1.82) is 0 Å². The number of rotatable bonds is 7. The molecule has 3 aromatic carbocycles. The fourth-order valence-corrected chi connectivity index (χ4v) is 4.32. The minimum Gasteiger partial charge on any atom is -0.493 e. The van der Waals surface area contributed by atoms with Crippen LogP contribution in [0, 0.1) is 0 Å². The van der Waals surface area contributed by atoms with Crippen molar-refractivity contribution in [3.8, 4) is 11.5 Å². The number of aromatic nitrogens is 3. The van der Waals surface area contributed by atoms with Gasteiger partial charge in [-0.2, -0.15) is 0 Å². The molecule has 0 radical (unpaired) electrons. The van der Waals surface area contributed by atoms with Gasteiger partial charge in [0.25, 0.3) is 5.56 Å². The van der Waals surface area contributed by atoms with E-state index in [1.807, 2.05) is 60.7 Å². The summed E-state index contributed by atoms with van der Waals surface area (Å²) in [5.41, 5.74) is 4.56. The van der Waals surface area contributed by atoms with Crippen LogP contribution in [0.2, 0.25) is 0 Å². The molecule has 0 unspecified atom stereocenters. The van der Waals surface area contributed by atoms with Crippen LogP contribution in [0.5, 0.6) is 11.5 Å². The zero-order valence-corrected chi connectivity index (χ0v) is 18.7. The van der Waals surface area contributed by atoms with Gasteiger partial charge in [-0.25, -0.2) is 4.98 Å². The van der Waals surface area contributed by atoms with Crippen molar-refractivity contribution in [3.63, 3.8) is 0 Å². The summed E-state index contributed by atoms with van der Waals surface area (Å²) in [5, 5.41) is 0.993. The SMILES string of the molecule is COc1ccc(CCn2cnc3c4ccccc4n(Cc4ccccc4)c3c2=O)cc1OC. The summed E-state index contributed by atoms with van der Waals surface area (Å²) in [6, 6.07) is 24.1. The van der Waals surface area contributed by atoms with Crippen LogP contribution in [-0.2, 0) is 19.5 Å². The predicted molar refractivity (Wildman–Crippen MR) is 130 cm³/mol. The first kappa shape index (κ1) is 20.8. The lowest BCUT2D eigenvalue weighted by Crippen LogP contribution is -2.23. The van der Waals surface area contributed by atoms with Crippen molar-refractivity contribution >= 4 is 21.9 Å². The minimum atomic E-state index is -0.0346. The van der Waals surface area contributed by atoms with Crippen molar-refractivity contribution in [2.45, 2.75) is 19.5 Å². The van der Waals surface area contributed by atoms with Gasteiger partial charge in [0.2, 0.25) is 0 Å². The smallest absolute Gasteiger partial charge is 0.277 e. The van der Waals surface area contributed by atoms with Crippen LogP contribution in [0.4, 0.5) is 0 Å². The number of nitrogens with zero attached hydrogens (tertiary/aromatic N) is 3. The Morgan fingerprint density at radius 3 is 2.39 bits per heavy atom. The molecule has 0 aliphatic rings. The van der Waals surface area contributed by atoms with Crippen molar-refractivity contribution in [1.82, 2.24) is 14.1 Å². The van der Waals surface area contributed by atoms with Gasteiger partial charge in [-0.3, -0.25) is 9.36 Å². The van der Waals surface area contributed by atoms with Crippen molar-refractivity contribution in [2.24, 2.45) is 0 Å². The Morgan fingerprint density at radius 2 is 1.61 bits per heavy atom. The summed E-state index contributed by atoms with van der Waals surface area (Å²) in [4.78, 5) is 18.3. The highest BCUT2D eigenvalue weighted by Crippen LogP contribution is 2.28. The number of ether oxygens (including phenoxy) is 2. The van der Waals surface area contributed by atoms with E-state index in [1.165, 1.54) is 0 Å². The second kappa shape index (κ2) is 8.82. The summed E-state index contributed by atoms with van der Waals surface area (Å²) in [7, 11) is 3.24. The molecule has 0 aliphatic carbocycles. The van der Waals surface area contributed by atoms with Crippen LogP contribution < -0.4 is 15.0 Å². The molecule has 0 amide bonds. The number of methoxy groups -OCH3 is 2. The predicted octanol–water partition coefficient (Wildman–Crippen LogP) is 4.66. The third-order valence-electron chi connectivity index (χ3n) is 6.01. The Bertz CT molecular complexity index is 1490. The number of hydrogen-bond acceptors (Lipinski definition) is 4. The Balaban J connectivity index is 1.55. The van der Waals surface area contributed by atoms with E-state index in [2.05, 4.69) is 16.7 Å². The molecule has 5 rings (SSSR count). The molecule has 33 heavy (non-hydrogen) atoms. The van der Waals surface area contributed by atoms with Gasteiger partial charge in [-0.15, -0.1) is 0 Å². The Hall–Kier alpha value is -4.06. The van der Waals surface area contributed by atoms with Gasteiger partial charge in [0.15, 0.2) is 11.5 Å². The average Bonchev–Trinajstić information content (AvgIpc) is 3.18. The molecule has 0 aliphatic heterocycles. The van der Waals surface area contributed by atoms with E-state index in [9.17, 15) is 4.79 Å². The molecule has 0 fully saturated rings. The molecule has 166 valence electrons. The van der Waals surface area contributed by atoms with Crippen LogP contribution >= 0.6 is 0 Å². The molecule has 5 aromatic rings. The lowest BCUT2D eigenvalue weighted by Gasteiger charge is -2.11. The van der Waals surface area contributed by atoms with E-state index in [1.54, 1.807) is 25.1 Å². The van der Waals surface area contributed by atoms with Gasteiger partial charge in [-0.05, 0) is 35.7 Å². The first-order valence-corrected chi connectivity index (χ1v) is 10.9. The maximum absolute atomic E-state index is 13.6. The van der Waals surface area contributed by atoms with E-state index in [-0.39, 0.29) is 5.56 Å². The van der Waals surface area contributed by atoms with Crippen LogP contribution in [-0.4, -0.2) is 28.3 Å². The molecule has 6 nitrogen and oxygen atoms in total. The summed E-state index contributed by atoms with van der Waals surface area (Å²) < 4.78 is 14.5. The zero-order valence-electron chi connectivity index (χ0n) is 18.7. The topological polar surface area (TPSA) is 58.3 Å². The van der Waals surface area contributed by atoms with Gasteiger partial charge in [0.05, 0.1) is 26.1 Å². The first-order chi connectivity index (χ1) is 16.2. The summed E-state index contributed by atoms with van der Waals surface area (Å²) in [5.74, 6) is 1.37. The second-order valence-electron chi connectivity index (χ2n) is 7.97. The van der Waals surface area contributed by atoms with Crippen LogP contribution in [0.15, 0.2) is 83.9 Å². The Morgan fingerprint density at radius 1 is 0.848 bits per heavy atom. The number of benzene rings is 3. The number of hydrogen-bond donors (Lipinski definition) is 0. The highest BCUT2D eigenvalue weighted by Gasteiger charge is 2.16. The van der Waals surface area contributed by atoms with Gasteiger partial charge >= 0.3 is 0 Å². The normalized spacial score (nSPS) is 11.2. The van der Waals surface area contributed by atoms with Crippen LogP contribution in [0.1, 0.15) is 11.1 Å². The maximum Gasteiger partial charge on any atom is 0.277 e. The largest absolute Gasteiger partial charge is 0.493 e. The number of para-hydroxylation sites is 1. The molecule has 0 atom stereocenters. The summed E-state index contributed by atoms with van der Waals surface area (Å²) in [6.07, 6.45) is 2.33. The van der Waals surface area contributed by atoms with E-state index in [4.69, 9.17) is 14.5 Å². The quantitative estimate of drug-likeness (QED) is 0.370. The van der Waals surface area contributed by atoms with Gasteiger partial charge in [-0.1, -0.05) is 54.6 Å². The average molecular weight is 440 g/mol. The molecule has 0 saturated heterocycles. The molecular weight excluding hydrogens is 414 g/mol. The zero-order chi connectivity index (χ0) is 22.8. The third-order valence-corrected chi connectivity index (χ3v) is 6.01. The van der Waals surface area contributed by atoms with E-state index in [0.717, 1.165) is 27.5 Å². The van der Waals surface area contributed by atoms with Gasteiger partial charge in [0.1, 0.15) is 11.0 Å². The van der Waals surface area contributed by atoms with Gasteiger partial charge < -0.3 is 14.0 Å². The lowest BCUT2D eigenvalue weighted by atomic mass is 10.1. The minimum absolute atomic E-state index is 0.0346. The highest BCUT2D eigenvalue weighted by molar-refractivity contribution is 6.05. The van der Waals surface area contributed by atoms with Crippen molar-refractivity contribution < 1.29 is 9.47 Å². The Labute approximate surface area is 191 Å². The molecule has 6 heteroatoms. The highest BCUT2D eigenvalue weighted by atomic mass is 16.5.